The topological polar surface area (TPSA) is 97.4 Å². The van der Waals surface area contributed by atoms with Crippen LogP contribution in [0.3, 0.4) is 0 Å². The maximum Gasteiger partial charge on any atom is 0.416 e. The monoisotopic (exact) mass is 636 g/mol. The van der Waals surface area contributed by atoms with Crippen LogP contribution in [0.2, 0.25) is 0 Å². The summed E-state index contributed by atoms with van der Waals surface area (Å²) in [6, 6.07) is 18.4. The molecule has 1 N–H and O–H groups in total. The highest BCUT2D eigenvalue weighted by atomic mass is 32.2. The first-order valence-corrected chi connectivity index (χ1v) is 15.3. The fourth-order valence-corrected chi connectivity index (χ4v) is 5.65. The van der Waals surface area contributed by atoms with Crippen molar-refractivity contribution in [2.45, 2.75) is 6.18 Å². The molecule has 6 rings (SSSR count). The third-order valence-electron chi connectivity index (χ3n) is 7.52. The molecule has 0 aliphatic carbocycles. The molecule has 8 nitrogen and oxygen atoms in total. The van der Waals surface area contributed by atoms with E-state index in [1.54, 1.807) is 30.5 Å². The van der Waals surface area contributed by atoms with Gasteiger partial charge in [0, 0.05) is 42.1 Å². The lowest BCUT2D eigenvalue weighted by Crippen LogP contribution is -2.25. The van der Waals surface area contributed by atoms with Gasteiger partial charge in [0.05, 0.1) is 40.5 Å². The third kappa shape index (κ3) is 5.39. The van der Waals surface area contributed by atoms with E-state index in [-0.39, 0.29) is 22.6 Å². The number of fused-ring (bicyclic) bond motifs is 2. The van der Waals surface area contributed by atoms with E-state index in [0.717, 1.165) is 22.7 Å². The first-order chi connectivity index (χ1) is 21.3. The zero-order valence-corrected chi connectivity index (χ0v) is 24.8. The summed E-state index contributed by atoms with van der Waals surface area (Å²) >= 11 is 0. The lowest BCUT2D eigenvalue weighted by atomic mass is 9.98. The Morgan fingerprint density at radius 2 is 1.62 bits per heavy atom. The van der Waals surface area contributed by atoms with E-state index in [2.05, 4.69) is 10.4 Å². The Hall–Kier alpha value is -5.17. The zero-order valence-electron chi connectivity index (χ0n) is 24.0. The SMILES string of the molecule is CNC(=O)c1c(-c2ccc(F)cc2)oc2cc(N(C)S(C)(=O)=O)c(-c3ccc4cnn(-c5ccc(C(F)(F)F)cc5)c4c3)cc12. The number of halogens is 4. The maximum absolute atomic E-state index is 13.7. The van der Waals surface area contributed by atoms with Crippen molar-refractivity contribution in [1.82, 2.24) is 15.1 Å². The van der Waals surface area contributed by atoms with Crippen molar-refractivity contribution in [2.24, 2.45) is 0 Å². The molecule has 0 atom stereocenters. The van der Waals surface area contributed by atoms with Crippen LogP contribution in [0.25, 0.3) is 50.0 Å². The van der Waals surface area contributed by atoms with Crippen molar-refractivity contribution < 1.29 is 35.2 Å². The number of amides is 1. The van der Waals surface area contributed by atoms with Crippen LogP contribution >= 0.6 is 0 Å². The molecule has 0 fully saturated rings. The molecule has 2 aromatic heterocycles. The Labute approximate surface area is 254 Å². The van der Waals surface area contributed by atoms with Gasteiger partial charge in [0.15, 0.2) is 0 Å². The van der Waals surface area contributed by atoms with Crippen LogP contribution in [-0.4, -0.2) is 44.5 Å². The van der Waals surface area contributed by atoms with Gasteiger partial charge >= 0.3 is 6.18 Å². The van der Waals surface area contributed by atoms with Crippen molar-refractivity contribution in [2.75, 3.05) is 24.7 Å². The first kappa shape index (κ1) is 29.9. The summed E-state index contributed by atoms with van der Waals surface area (Å²) in [4.78, 5) is 13.2. The minimum absolute atomic E-state index is 0.171. The number of aromatic nitrogens is 2. The zero-order chi connectivity index (χ0) is 32.3. The number of nitrogens with zero attached hydrogens (tertiary/aromatic N) is 3. The molecule has 0 radical (unpaired) electrons. The number of anilines is 1. The maximum atomic E-state index is 13.7. The fourth-order valence-electron chi connectivity index (χ4n) is 5.14. The molecular formula is C32H24F4N4O4S. The number of benzene rings is 4. The highest BCUT2D eigenvalue weighted by Crippen LogP contribution is 2.42. The second-order valence-electron chi connectivity index (χ2n) is 10.4. The van der Waals surface area contributed by atoms with Crippen LogP contribution in [0.5, 0.6) is 0 Å². The van der Waals surface area contributed by atoms with Crippen LogP contribution < -0.4 is 9.62 Å². The van der Waals surface area contributed by atoms with Gasteiger partial charge in [0.2, 0.25) is 10.0 Å². The van der Waals surface area contributed by atoms with Gasteiger partial charge in [-0.15, -0.1) is 0 Å². The molecule has 0 spiro atoms. The molecule has 45 heavy (non-hydrogen) atoms. The van der Waals surface area contributed by atoms with Crippen molar-refractivity contribution >= 4 is 43.5 Å². The van der Waals surface area contributed by atoms with Crippen LogP contribution in [-0.2, 0) is 16.2 Å². The van der Waals surface area contributed by atoms with E-state index in [1.165, 1.54) is 61.2 Å². The van der Waals surface area contributed by atoms with Gasteiger partial charge in [-0.1, -0.05) is 12.1 Å². The van der Waals surface area contributed by atoms with Gasteiger partial charge in [-0.2, -0.15) is 18.3 Å². The quantitative estimate of drug-likeness (QED) is 0.198. The lowest BCUT2D eigenvalue weighted by molar-refractivity contribution is -0.137. The number of carbonyl (C=O) groups excluding carboxylic acids is 1. The van der Waals surface area contributed by atoms with Gasteiger partial charge in [-0.05, 0) is 66.2 Å². The molecular weight excluding hydrogens is 612 g/mol. The second-order valence-corrected chi connectivity index (χ2v) is 12.4. The Bertz CT molecular complexity index is 2210. The van der Waals surface area contributed by atoms with Gasteiger partial charge in [0.1, 0.15) is 17.2 Å². The van der Waals surface area contributed by atoms with E-state index < -0.39 is 33.5 Å². The average molecular weight is 637 g/mol. The van der Waals surface area contributed by atoms with E-state index in [0.29, 0.717) is 38.7 Å². The Morgan fingerprint density at radius 1 is 0.956 bits per heavy atom. The number of hydrogen-bond donors (Lipinski definition) is 1. The number of alkyl halides is 3. The molecule has 0 aliphatic heterocycles. The van der Waals surface area contributed by atoms with Crippen molar-refractivity contribution in [3.05, 3.63) is 102 Å². The molecule has 4 aromatic carbocycles. The lowest BCUT2D eigenvalue weighted by Gasteiger charge is -2.21. The Balaban J connectivity index is 1.59. The van der Waals surface area contributed by atoms with Crippen LogP contribution in [0, 0.1) is 5.82 Å². The van der Waals surface area contributed by atoms with Gasteiger partial charge in [-0.3, -0.25) is 9.10 Å². The molecule has 230 valence electrons. The Morgan fingerprint density at radius 3 is 2.24 bits per heavy atom. The number of carbonyl (C=O) groups is 1. The predicted octanol–water partition coefficient (Wildman–Crippen LogP) is 7.02. The average Bonchev–Trinajstić information content (AvgIpc) is 3.60. The molecule has 0 bridgehead atoms. The summed E-state index contributed by atoms with van der Waals surface area (Å²) in [5.74, 6) is -0.772. The van der Waals surface area contributed by atoms with Gasteiger partial charge < -0.3 is 9.73 Å². The summed E-state index contributed by atoms with van der Waals surface area (Å²) in [6.45, 7) is 0. The summed E-state index contributed by atoms with van der Waals surface area (Å²) in [5, 5.41) is 8.03. The first-order valence-electron chi connectivity index (χ1n) is 13.4. The standard InChI is InChI=1S/C32H24F4N4O4S/c1-37-31(41)29-25-15-24(27(39(2)45(3,42)43)16-28(25)44-30(29)18-6-10-22(33)11-7-18)19-4-5-20-17-38-40(26(20)14-19)23-12-8-21(9-13-23)32(34,35)36/h4-17H,1-3H3,(H,37,41). The minimum atomic E-state index is -4.49. The highest BCUT2D eigenvalue weighted by Gasteiger charge is 2.30. The second kappa shape index (κ2) is 10.8. The Kier molecular flexibility index (Phi) is 7.15. The van der Waals surface area contributed by atoms with Crippen LogP contribution in [0.1, 0.15) is 15.9 Å². The number of hydrogen-bond acceptors (Lipinski definition) is 5. The summed E-state index contributed by atoms with van der Waals surface area (Å²) in [7, 11) is -0.934. The molecule has 0 saturated heterocycles. The molecule has 1 amide bonds. The number of nitrogens with one attached hydrogen (secondary N) is 1. The number of furan rings is 1. The predicted molar refractivity (Wildman–Crippen MR) is 163 cm³/mol. The van der Waals surface area contributed by atoms with E-state index in [1.807, 2.05) is 0 Å². The van der Waals surface area contributed by atoms with Crippen LogP contribution in [0.15, 0.2) is 89.5 Å². The van der Waals surface area contributed by atoms with Gasteiger partial charge in [0.25, 0.3) is 5.91 Å². The van der Waals surface area contributed by atoms with E-state index in [4.69, 9.17) is 4.42 Å². The highest BCUT2D eigenvalue weighted by molar-refractivity contribution is 7.92. The van der Waals surface area contributed by atoms with E-state index >= 15 is 0 Å². The third-order valence-corrected chi connectivity index (χ3v) is 8.72. The molecule has 6 aromatic rings. The largest absolute Gasteiger partial charge is 0.455 e. The van der Waals surface area contributed by atoms with Crippen molar-refractivity contribution in [3.63, 3.8) is 0 Å². The minimum Gasteiger partial charge on any atom is -0.455 e. The molecule has 0 unspecified atom stereocenters. The van der Waals surface area contributed by atoms with Crippen molar-refractivity contribution in [3.8, 4) is 28.1 Å². The summed E-state index contributed by atoms with van der Waals surface area (Å²) in [5.41, 5.74) is 2.18. The summed E-state index contributed by atoms with van der Waals surface area (Å²) < 4.78 is 87.3. The molecule has 0 aliphatic rings. The molecule has 2 heterocycles. The van der Waals surface area contributed by atoms with Crippen molar-refractivity contribution in [1.29, 1.82) is 0 Å². The normalized spacial score (nSPS) is 12.2. The van der Waals surface area contributed by atoms with Gasteiger partial charge in [-0.25, -0.2) is 17.5 Å². The van der Waals surface area contributed by atoms with Crippen LogP contribution in [0.4, 0.5) is 23.2 Å². The smallest absolute Gasteiger partial charge is 0.416 e. The molecule has 0 saturated carbocycles. The summed E-state index contributed by atoms with van der Waals surface area (Å²) in [6.07, 6.45) is -1.88. The number of sulfonamides is 1. The fraction of sp³-hybridized carbons (Fsp3) is 0.125. The number of rotatable bonds is 6. The van der Waals surface area contributed by atoms with E-state index in [9.17, 15) is 30.8 Å². The molecule has 13 heteroatoms.